The molecule has 8 aromatic carbocycles. The topological polar surface area (TPSA) is 6.48 Å². The highest BCUT2D eigenvalue weighted by molar-refractivity contribution is 7.25. The van der Waals surface area contributed by atoms with Crippen molar-refractivity contribution in [3.63, 3.8) is 0 Å². The molecule has 0 saturated carbocycles. The predicted molar refractivity (Wildman–Crippen MR) is 238 cm³/mol. The van der Waals surface area contributed by atoms with Gasteiger partial charge in [-0.15, -0.1) is 11.3 Å². The van der Waals surface area contributed by atoms with Crippen LogP contribution in [0.2, 0.25) is 0 Å². The molecule has 9 aromatic rings. The molecule has 0 radical (unpaired) electrons. The molecule has 1 spiro atoms. The van der Waals surface area contributed by atoms with Crippen LogP contribution >= 0.6 is 11.3 Å². The Morgan fingerprint density at radius 3 is 1.43 bits per heavy atom. The average molecular weight is 737 g/mol. The number of thiophene rings is 1. The van der Waals surface area contributed by atoms with Crippen LogP contribution in [0.5, 0.6) is 0 Å². The summed E-state index contributed by atoms with van der Waals surface area (Å²) < 4.78 is 2.65. The third kappa shape index (κ3) is 5.45. The molecule has 0 bridgehead atoms. The molecule has 1 atom stereocenters. The minimum Gasteiger partial charge on any atom is -0.310 e. The van der Waals surface area contributed by atoms with E-state index in [4.69, 9.17) is 0 Å². The van der Waals surface area contributed by atoms with Crippen molar-refractivity contribution in [3.8, 4) is 11.1 Å². The second-order valence-electron chi connectivity index (χ2n) is 15.3. The second-order valence-corrected chi connectivity index (χ2v) is 16.4. The number of fused-ring (bicyclic) bond motifs is 7. The average Bonchev–Trinajstić information content (AvgIpc) is 3.95. The Morgan fingerprint density at radius 2 is 0.804 bits per heavy atom. The van der Waals surface area contributed by atoms with E-state index in [0.29, 0.717) is 0 Å². The van der Waals surface area contributed by atoms with E-state index in [0.717, 1.165) is 37.1 Å². The first-order chi connectivity index (χ1) is 27.7. The van der Waals surface area contributed by atoms with Crippen molar-refractivity contribution in [1.82, 2.24) is 0 Å². The maximum absolute atomic E-state index is 2.53. The van der Waals surface area contributed by atoms with Crippen LogP contribution in [-0.2, 0) is 18.3 Å². The summed E-state index contributed by atoms with van der Waals surface area (Å²) in [6.07, 6.45) is 4.47. The number of rotatable bonds is 7. The maximum Gasteiger partial charge on any atom is 0.0476 e. The van der Waals surface area contributed by atoms with Crippen molar-refractivity contribution in [1.29, 1.82) is 0 Å². The number of para-hydroxylation sites is 2. The number of hydrogen-bond acceptors (Lipinski definition) is 3. The van der Waals surface area contributed by atoms with Gasteiger partial charge in [-0.05, 0) is 138 Å². The lowest BCUT2D eigenvalue weighted by Crippen LogP contribution is -2.22. The van der Waals surface area contributed by atoms with E-state index >= 15 is 0 Å². The van der Waals surface area contributed by atoms with Gasteiger partial charge in [0.05, 0.1) is 0 Å². The molecule has 0 fully saturated rings. The van der Waals surface area contributed by atoms with Crippen molar-refractivity contribution >= 4 is 65.6 Å². The highest BCUT2D eigenvalue weighted by atomic mass is 32.1. The largest absolute Gasteiger partial charge is 0.310 e. The van der Waals surface area contributed by atoms with E-state index in [9.17, 15) is 0 Å². The van der Waals surface area contributed by atoms with Gasteiger partial charge in [-0.25, -0.2) is 0 Å². The first-order valence-electron chi connectivity index (χ1n) is 19.8. The molecule has 0 aliphatic heterocycles. The fraction of sp³-hybridized carbons (Fsp3) is 0.0943. The Kier molecular flexibility index (Phi) is 7.89. The van der Waals surface area contributed by atoms with E-state index in [2.05, 4.69) is 204 Å². The molecular formula is C53H40N2S. The second kappa shape index (κ2) is 13.4. The minimum atomic E-state index is -0.0198. The van der Waals surface area contributed by atoms with Crippen molar-refractivity contribution in [2.75, 3.05) is 9.80 Å². The van der Waals surface area contributed by atoms with Gasteiger partial charge >= 0.3 is 0 Å². The van der Waals surface area contributed by atoms with E-state index in [1.807, 2.05) is 11.3 Å². The van der Waals surface area contributed by atoms with E-state index in [1.54, 1.807) is 0 Å². The lowest BCUT2D eigenvalue weighted by Gasteiger charge is -2.31. The lowest BCUT2D eigenvalue weighted by atomic mass is 9.76. The highest BCUT2D eigenvalue weighted by Gasteiger charge is 2.45. The van der Waals surface area contributed by atoms with Gasteiger partial charge in [0.25, 0.3) is 0 Å². The number of aryl methyl sites for hydroxylation is 2. The smallest absolute Gasteiger partial charge is 0.0476 e. The van der Waals surface area contributed by atoms with Crippen LogP contribution in [0.3, 0.4) is 0 Å². The molecule has 1 aromatic heterocycles. The van der Waals surface area contributed by atoms with Crippen LogP contribution in [0.15, 0.2) is 194 Å². The lowest BCUT2D eigenvalue weighted by molar-refractivity contribution is 0.507. The Morgan fingerprint density at radius 1 is 0.357 bits per heavy atom. The summed E-state index contributed by atoms with van der Waals surface area (Å²) in [6, 6.07) is 71.7. The molecule has 2 nitrogen and oxygen atoms in total. The van der Waals surface area contributed by atoms with Crippen LogP contribution in [0.4, 0.5) is 34.1 Å². The molecule has 0 N–H and O–H groups in total. The Balaban J connectivity index is 1.01. The van der Waals surface area contributed by atoms with Gasteiger partial charge in [-0.3, -0.25) is 0 Å². The summed E-state index contributed by atoms with van der Waals surface area (Å²) >= 11 is 1.88. The molecular weight excluding hydrogens is 697 g/mol. The summed E-state index contributed by atoms with van der Waals surface area (Å²) in [6.45, 7) is 0. The van der Waals surface area contributed by atoms with E-state index in [-0.39, 0.29) is 5.41 Å². The monoisotopic (exact) mass is 736 g/mol. The summed E-state index contributed by atoms with van der Waals surface area (Å²) in [4.78, 5) is 4.88. The van der Waals surface area contributed by atoms with Gasteiger partial charge in [0, 0.05) is 59.7 Å². The fourth-order valence-corrected chi connectivity index (χ4v) is 10.7. The Hall–Kier alpha value is -6.42. The molecule has 11 rings (SSSR count). The predicted octanol–water partition coefficient (Wildman–Crippen LogP) is 14.8. The van der Waals surface area contributed by atoms with E-state index in [1.165, 1.54) is 76.3 Å². The maximum atomic E-state index is 2.53. The quantitative estimate of drug-likeness (QED) is 0.161. The van der Waals surface area contributed by atoms with Crippen LogP contribution in [-0.4, -0.2) is 0 Å². The van der Waals surface area contributed by atoms with Crippen molar-refractivity contribution < 1.29 is 0 Å². The van der Waals surface area contributed by atoms with Crippen molar-refractivity contribution in [3.05, 3.63) is 216 Å². The molecule has 0 amide bonds. The summed E-state index contributed by atoms with van der Waals surface area (Å²) in [7, 11) is 0. The first kappa shape index (κ1) is 33.0. The van der Waals surface area contributed by atoms with Crippen molar-refractivity contribution in [2.24, 2.45) is 0 Å². The summed E-state index contributed by atoms with van der Waals surface area (Å²) in [5, 5.41) is 2.66. The van der Waals surface area contributed by atoms with Crippen LogP contribution in [0.25, 0.3) is 31.3 Å². The molecule has 2 aliphatic rings. The number of hydrogen-bond donors (Lipinski definition) is 0. The molecule has 268 valence electrons. The van der Waals surface area contributed by atoms with Crippen LogP contribution < -0.4 is 9.80 Å². The standard InChI is InChI=1S/C53H40N2S/c1-4-12-37(13-5-1)38-20-24-43(25-21-38)54(41-14-6-2-7-15-41)44-26-22-39-30-32-53(49(39)34-44)33-31-40-23-27-45(35-50(40)53)55(42-16-8-3-9-17-42)46-28-29-48-47-18-10-11-19-51(47)56-52(48)36-46/h1-29,34-36H,30-33H2/t53-/m1/s1. The Bertz CT molecular complexity index is 2860. The van der Waals surface area contributed by atoms with Crippen LogP contribution in [0.1, 0.15) is 35.1 Å². The van der Waals surface area contributed by atoms with Gasteiger partial charge in [0.2, 0.25) is 0 Å². The molecule has 1 heterocycles. The molecule has 0 saturated heterocycles. The minimum absolute atomic E-state index is 0.0198. The third-order valence-electron chi connectivity index (χ3n) is 12.3. The van der Waals surface area contributed by atoms with E-state index < -0.39 is 0 Å². The molecule has 3 heteroatoms. The zero-order valence-corrected chi connectivity index (χ0v) is 31.9. The van der Waals surface area contributed by atoms with Gasteiger partial charge < -0.3 is 9.80 Å². The SMILES string of the molecule is c1ccc(-c2ccc(N(c3ccccc3)c3ccc4c(c3)[C@@]3(CC4)CCc4ccc(N(c5ccccc5)c5ccc6c(c5)sc5ccccc56)cc43)cc2)cc1. The number of benzene rings is 8. The van der Waals surface area contributed by atoms with Gasteiger partial charge in [-0.2, -0.15) is 0 Å². The molecule has 0 unspecified atom stereocenters. The van der Waals surface area contributed by atoms with Gasteiger partial charge in [0.1, 0.15) is 0 Å². The number of anilines is 6. The summed E-state index contributed by atoms with van der Waals surface area (Å²) in [5.41, 5.74) is 15.5. The normalized spacial score (nSPS) is 15.6. The highest BCUT2D eigenvalue weighted by Crippen LogP contribution is 2.55. The Labute approximate surface area is 332 Å². The fourth-order valence-electron chi connectivity index (χ4n) is 9.57. The zero-order valence-electron chi connectivity index (χ0n) is 31.1. The van der Waals surface area contributed by atoms with Gasteiger partial charge in [-0.1, -0.05) is 115 Å². The van der Waals surface area contributed by atoms with Crippen molar-refractivity contribution in [2.45, 2.75) is 31.1 Å². The first-order valence-corrected chi connectivity index (χ1v) is 20.6. The third-order valence-corrected chi connectivity index (χ3v) is 13.4. The molecule has 2 aliphatic carbocycles. The molecule has 56 heavy (non-hydrogen) atoms. The zero-order chi connectivity index (χ0) is 37.1. The van der Waals surface area contributed by atoms with Gasteiger partial charge in [0.15, 0.2) is 0 Å². The van der Waals surface area contributed by atoms with Crippen LogP contribution in [0, 0.1) is 0 Å². The number of nitrogens with zero attached hydrogens (tertiary/aromatic N) is 2. The summed E-state index contributed by atoms with van der Waals surface area (Å²) in [5.74, 6) is 0.